The third-order valence-corrected chi connectivity index (χ3v) is 8.10. The molecular formula is C26H23N3O7S. The number of aliphatic carboxylic acids is 1. The van der Waals surface area contributed by atoms with Gasteiger partial charge in [0.2, 0.25) is 20.6 Å². The quantitative estimate of drug-likeness (QED) is 0.259. The zero-order chi connectivity index (χ0) is 26.8. The van der Waals surface area contributed by atoms with E-state index in [1.807, 2.05) is 18.2 Å². The summed E-state index contributed by atoms with van der Waals surface area (Å²) in [4.78, 5) is 32.3. The minimum atomic E-state index is -4.54. The van der Waals surface area contributed by atoms with Gasteiger partial charge in [0.05, 0.1) is 4.90 Å². The van der Waals surface area contributed by atoms with Gasteiger partial charge in [-0.25, -0.2) is 13.2 Å². The average Bonchev–Trinajstić information content (AvgIpc) is 3.32. The number of hydrogen-bond donors (Lipinski definition) is 4. The number of furan rings is 1. The number of carboxylic acid groups (broad SMARTS) is 1. The van der Waals surface area contributed by atoms with Crippen LogP contribution in [0.5, 0.6) is 0 Å². The highest BCUT2D eigenvalue weighted by Gasteiger charge is 2.48. The molecule has 0 spiro atoms. The summed E-state index contributed by atoms with van der Waals surface area (Å²) in [5, 5.41) is 13.1. The molecule has 4 aromatic rings. The number of anilines is 1. The second-order valence-corrected chi connectivity index (χ2v) is 10.6. The fourth-order valence-corrected chi connectivity index (χ4v) is 5.25. The van der Waals surface area contributed by atoms with Crippen LogP contribution in [0.4, 0.5) is 5.69 Å². The number of hydrogen-bond acceptors (Lipinski definition) is 7. The molecule has 0 saturated carbocycles. The van der Waals surface area contributed by atoms with Gasteiger partial charge in [-0.15, -0.1) is 0 Å². The lowest BCUT2D eigenvalue weighted by Gasteiger charge is -2.24. The van der Waals surface area contributed by atoms with Gasteiger partial charge in [-0.2, -0.15) is 0 Å². The van der Waals surface area contributed by atoms with Gasteiger partial charge in [0, 0.05) is 17.5 Å². The van der Waals surface area contributed by atoms with Gasteiger partial charge in [0.1, 0.15) is 5.58 Å². The number of primary amides is 1. The molecule has 10 nitrogen and oxygen atoms in total. The van der Waals surface area contributed by atoms with Crippen LogP contribution in [0.15, 0.2) is 88.2 Å². The Labute approximate surface area is 211 Å². The first kappa shape index (κ1) is 25.6. The summed E-state index contributed by atoms with van der Waals surface area (Å²) < 4.78 is 31.5. The lowest BCUT2D eigenvalue weighted by molar-refractivity contribution is -0.140. The van der Waals surface area contributed by atoms with Crippen LogP contribution in [0.2, 0.25) is 0 Å². The fourth-order valence-electron chi connectivity index (χ4n) is 3.73. The summed E-state index contributed by atoms with van der Waals surface area (Å²) in [6.07, 6.45) is -1.16. The number of fused-ring (bicyclic) bond motifs is 1. The summed E-state index contributed by atoms with van der Waals surface area (Å²) in [5.41, 5.74) is 13.3. The summed E-state index contributed by atoms with van der Waals surface area (Å²) >= 11 is 0. The van der Waals surface area contributed by atoms with Crippen molar-refractivity contribution in [3.8, 4) is 11.1 Å². The summed E-state index contributed by atoms with van der Waals surface area (Å²) in [6, 6.07) is 21.3. The zero-order valence-corrected chi connectivity index (χ0v) is 20.2. The summed E-state index contributed by atoms with van der Waals surface area (Å²) in [6.45, 7) is 0. The van der Waals surface area contributed by atoms with E-state index in [2.05, 4.69) is 5.32 Å². The van der Waals surface area contributed by atoms with Gasteiger partial charge in [0.25, 0.3) is 5.91 Å². The van der Waals surface area contributed by atoms with Crippen molar-refractivity contribution in [3.05, 3.63) is 84.6 Å². The number of benzene rings is 3. The topological polar surface area (TPSA) is 183 Å². The van der Waals surface area contributed by atoms with Crippen LogP contribution in [0.3, 0.4) is 0 Å². The van der Waals surface area contributed by atoms with Gasteiger partial charge in [-0.3, -0.25) is 9.59 Å². The molecule has 190 valence electrons. The maximum absolute atomic E-state index is 13.0. The lowest BCUT2D eigenvalue weighted by atomic mass is 10.1. The van der Waals surface area contributed by atoms with Crippen LogP contribution in [0.25, 0.3) is 22.1 Å². The Kier molecular flexibility index (Phi) is 6.84. The van der Waals surface area contributed by atoms with E-state index < -0.39 is 45.3 Å². The average molecular weight is 522 g/mol. The second-order valence-electron chi connectivity index (χ2n) is 8.37. The molecular weight excluding hydrogens is 498 g/mol. The maximum atomic E-state index is 13.0. The van der Waals surface area contributed by atoms with Crippen LogP contribution < -0.4 is 16.8 Å². The Hall–Kier alpha value is -4.48. The normalized spacial score (nSPS) is 13.1. The number of carbonyl (C=O) groups excluding carboxylic acids is 2. The molecule has 2 amide bonds. The Morgan fingerprint density at radius 1 is 0.919 bits per heavy atom. The van der Waals surface area contributed by atoms with E-state index in [9.17, 15) is 27.9 Å². The third kappa shape index (κ3) is 5.08. The lowest BCUT2D eigenvalue weighted by Crippen LogP contribution is -2.55. The SMILES string of the molecule is NC(=O)CC[C@](N)(C(=O)O)S(=O)(=O)c1ccc(-c2ccc(NC(=O)c3cc4ccccc4o3)cc2)cc1. The van der Waals surface area contributed by atoms with Crippen LogP contribution >= 0.6 is 0 Å². The predicted molar refractivity (Wildman–Crippen MR) is 136 cm³/mol. The van der Waals surface area contributed by atoms with Crippen LogP contribution in [-0.4, -0.2) is 36.2 Å². The number of carboxylic acids is 1. The van der Waals surface area contributed by atoms with E-state index in [-0.39, 0.29) is 10.7 Å². The van der Waals surface area contributed by atoms with Crippen LogP contribution in [0.1, 0.15) is 23.4 Å². The molecule has 1 heterocycles. The number of nitrogens with two attached hydrogens (primary N) is 2. The number of para-hydroxylation sites is 1. The van der Waals surface area contributed by atoms with Crippen molar-refractivity contribution in [2.45, 2.75) is 22.6 Å². The van der Waals surface area contributed by atoms with Gasteiger partial charge in [-0.05, 0) is 53.9 Å². The molecule has 3 aromatic carbocycles. The van der Waals surface area contributed by atoms with Gasteiger partial charge in [0.15, 0.2) is 5.76 Å². The van der Waals surface area contributed by atoms with Crippen LogP contribution in [-0.2, 0) is 19.4 Å². The van der Waals surface area contributed by atoms with Crippen molar-refractivity contribution < 1.29 is 32.3 Å². The molecule has 4 rings (SSSR count). The maximum Gasteiger partial charge on any atom is 0.339 e. The van der Waals surface area contributed by atoms with Crippen molar-refractivity contribution in [1.29, 1.82) is 0 Å². The minimum Gasteiger partial charge on any atom is -0.479 e. The molecule has 0 aliphatic carbocycles. The molecule has 0 radical (unpaired) electrons. The van der Waals surface area contributed by atoms with Gasteiger partial charge >= 0.3 is 5.97 Å². The molecule has 0 saturated heterocycles. The molecule has 0 fully saturated rings. The number of sulfone groups is 1. The monoisotopic (exact) mass is 521 g/mol. The highest BCUT2D eigenvalue weighted by atomic mass is 32.2. The van der Waals surface area contributed by atoms with E-state index in [1.54, 1.807) is 36.4 Å². The van der Waals surface area contributed by atoms with E-state index in [4.69, 9.17) is 15.9 Å². The molecule has 11 heteroatoms. The van der Waals surface area contributed by atoms with Crippen molar-refractivity contribution in [3.63, 3.8) is 0 Å². The summed E-state index contributed by atoms with van der Waals surface area (Å²) in [5.74, 6) is -2.87. The van der Waals surface area contributed by atoms with E-state index >= 15 is 0 Å². The second kappa shape index (κ2) is 9.88. The van der Waals surface area contributed by atoms with Crippen molar-refractivity contribution in [2.24, 2.45) is 11.5 Å². The summed E-state index contributed by atoms with van der Waals surface area (Å²) in [7, 11) is -4.54. The highest BCUT2D eigenvalue weighted by molar-refractivity contribution is 7.93. The van der Waals surface area contributed by atoms with E-state index in [0.717, 1.165) is 10.9 Å². The largest absolute Gasteiger partial charge is 0.479 e. The number of amides is 2. The standard InChI is InChI=1S/C26H23N3O7S/c27-23(30)13-14-26(28,25(32)33)37(34,35)20-11-7-17(8-12-20)16-5-9-19(10-6-16)29-24(31)22-15-18-3-1-2-4-21(18)36-22/h1-12,15H,13-14,28H2,(H2,27,30)(H,29,31)(H,32,33)/t26-/m1/s1. The minimum absolute atomic E-state index is 0.176. The predicted octanol–water partition coefficient (Wildman–Crippen LogP) is 3.13. The first-order valence-corrected chi connectivity index (χ1v) is 12.6. The Balaban J connectivity index is 1.50. The van der Waals surface area contributed by atoms with Crippen molar-refractivity contribution in [1.82, 2.24) is 0 Å². The first-order valence-electron chi connectivity index (χ1n) is 11.1. The molecule has 1 aromatic heterocycles. The Morgan fingerprint density at radius 2 is 1.51 bits per heavy atom. The zero-order valence-electron chi connectivity index (χ0n) is 19.4. The molecule has 0 aliphatic rings. The molecule has 37 heavy (non-hydrogen) atoms. The highest BCUT2D eigenvalue weighted by Crippen LogP contribution is 2.29. The Morgan fingerprint density at radius 3 is 2.08 bits per heavy atom. The molecule has 0 bridgehead atoms. The van der Waals surface area contributed by atoms with E-state index in [0.29, 0.717) is 16.8 Å². The van der Waals surface area contributed by atoms with Gasteiger partial charge < -0.3 is 26.3 Å². The van der Waals surface area contributed by atoms with Crippen molar-refractivity contribution in [2.75, 3.05) is 5.32 Å². The van der Waals surface area contributed by atoms with Crippen LogP contribution in [0, 0.1) is 0 Å². The molecule has 0 unspecified atom stereocenters. The molecule has 6 N–H and O–H groups in total. The number of rotatable bonds is 9. The fraction of sp³-hybridized carbons (Fsp3) is 0.115. The van der Waals surface area contributed by atoms with Crippen molar-refractivity contribution >= 4 is 44.3 Å². The van der Waals surface area contributed by atoms with E-state index in [1.165, 1.54) is 24.3 Å². The number of nitrogens with one attached hydrogen (secondary N) is 1. The smallest absolute Gasteiger partial charge is 0.339 e. The first-order chi connectivity index (χ1) is 17.5. The third-order valence-electron chi connectivity index (χ3n) is 5.87. The molecule has 0 aliphatic heterocycles. The Bertz CT molecular complexity index is 1560. The van der Waals surface area contributed by atoms with Gasteiger partial charge in [-0.1, -0.05) is 42.5 Å². The number of carbonyl (C=O) groups is 3. The molecule has 1 atom stereocenters.